The van der Waals surface area contributed by atoms with E-state index in [0.29, 0.717) is 0 Å². The number of benzene rings is 1. The normalized spacial score (nSPS) is 18.6. The van der Waals surface area contributed by atoms with E-state index in [1.807, 2.05) is 30.3 Å². The number of nitrogens with one attached hydrogen (secondary N) is 1. The van der Waals surface area contributed by atoms with E-state index in [4.69, 9.17) is 5.11 Å². The predicted molar refractivity (Wildman–Crippen MR) is 63.6 cm³/mol. The summed E-state index contributed by atoms with van der Waals surface area (Å²) in [6, 6.07) is 9.22. The summed E-state index contributed by atoms with van der Waals surface area (Å²) in [5.74, 6) is -0.742. The molecule has 3 N–H and O–H groups in total. The topological polar surface area (TPSA) is 69.6 Å². The van der Waals surface area contributed by atoms with Crippen molar-refractivity contribution in [2.24, 2.45) is 5.92 Å². The van der Waals surface area contributed by atoms with Crippen LogP contribution in [0.1, 0.15) is 18.4 Å². The maximum Gasteiger partial charge on any atom is 0.328 e. The number of rotatable bonds is 6. The molecule has 17 heavy (non-hydrogen) atoms. The molecule has 0 aromatic heterocycles. The first kappa shape index (κ1) is 12.1. The molecule has 0 spiro atoms. The average Bonchev–Trinajstić information content (AvgIpc) is 3.16. The van der Waals surface area contributed by atoms with Gasteiger partial charge in [0.15, 0.2) is 0 Å². The third kappa shape index (κ3) is 2.18. The standard InChI is InChI=1S/C13H17NO3/c15-9-8-14-13(12(16)17,11-6-7-11)10-4-2-1-3-5-10/h1-5,11,14-15H,6-9H2,(H,16,17). The van der Waals surface area contributed by atoms with Crippen LogP contribution >= 0.6 is 0 Å². The fourth-order valence-corrected chi connectivity index (χ4v) is 2.33. The number of carboxylic acids is 1. The van der Waals surface area contributed by atoms with Gasteiger partial charge in [-0.1, -0.05) is 30.3 Å². The van der Waals surface area contributed by atoms with Gasteiger partial charge in [-0.05, 0) is 24.3 Å². The second-order valence-electron chi connectivity index (χ2n) is 4.40. The van der Waals surface area contributed by atoms with Gasteiger partial charge < -0.3 is 10.2 Å². The molecule has 0 heterocycles. The van der Waals surface area contributed by atoms with Gasteiger partial charge in [-0.15, -0.1) is 0 Å². The van der Waals surface area contributed by atoms with Crippen LogP contribution in [0.4, 0.5) is 0 Å². The molecule has 1 aromatic carbocycles. The minimum atomic E-state index is -1.04. The van der Waals surface area contributed by atoms with Crippen LogP contribution in [0.5, 0.6) is 0 Å². The van der Waals surface area contributed by atoms with Crippen molar-refractivity contribution in [3.8, 4) is 0 Å². The highest BCUT2D eigenvalue weighted by Crippen LogP contribution is 2.45. The zero-order valence-electron chi connectivity index (χ0n) is 9.60. The Morgan fingerprint density at radius 1 is 1.35 bits per heavy atom. The molecular formula is C13H17NO3. The van der Waals surface area contributed by atoms with Crippen LogP contribution in [-0.2, 0) is 10.3 Å². The molecule has 0 aliphatic heterocycles. The molecule has 4 heteroatoms. The average molecular weight is 235 g/mol. The monoisotopic (exact) mass is 235 g/mol. The molecule has 4 nitrogen and oxygen atoms in total. The van der Waals surface area contributed by atoms with Crippen LogP contribution < -0.4 is 5.32 Å². The molecule has 92 valence electrons. The molecule has 1 fully saturated rings. The Hall–Kier alpha value is -1.39. The Kier molecular flexibility index (Phi) is 3.45. The number of carbonyl (C=O) groups is 1. The lowest BCUT2D eigenvalue weighted by Gasteiger charge is -2.31. The van der Waals surface area contributed by atoms with E-state index in [1.165, 1.54) is 0 Å². The predicted octanol–water partition coefficient (Wildman–Crippen LogP) is 0.958. The Morgan fingerprint density at radius 3 is 2.47 bits per heavy atom. The van der Waals surface area contributed by atoms with Gasteiger partial charge in [0.25, 0.3) is 0 Å². The van der Waals surface area contributed by atoms with Crippen LogP contribution in [-0.4, -0.2) is 29.3 Å². The van der Waals surface area contributed by atoms with E-state index in [2.05, 4.69) is 5.32 Å². The number of aliphatic hydroxyl groups is 1. The first-order valence-electron chi connectivity index (χ1n) is 5.86. The number of aliphatic hydroxyl groups excluding tert-OH is 1. The zero-order chi connectivity index (χ0) is 12.3. The van der Waals surface area contributed by atoms with Crippen molar-refractivity contribution < 1.29 is 15.0 Å². The number of aliphatic carboxylic acids is 1. The van der Waals surface area contributed by atoms with E-state index in [9.17, 15) is 9.90 Å². The highest BCUT2D eigenvalue weighted by atomic mass is 16.4. The molecule has 0 amide bonds. The summed E-state index contributed by atoms with van der Waals surface area (Å²) < 4.78 is 0. The number of carboxylic acid groups (broad SMARTS) is 1. The molecule has 1 saturated carbocycles. The zero-order valence-corrected chi connectivity index (χ0v) is 9.60. The summed E-state index contributed by atoms with van der Waals surface area (Å²) >= 11 is 0. The van der Waals surface area contributed by atoms with Crippen LogP contribution in [0.25, 0.3) is 0 Å². The van der Waals surface area contributed by atoms with Crippen molar-refractivity contribution >= 4 is 5.97 Å². The van der Waals surface area contributed by atoms with Gasteiger partial charge in [-0.2, -0.15) is 0 Å². The molecule has 0 bridgehead atoms. The fourth-order valence-electron chi connectivity index (χ4n) is 2.33. The summed E-state index contributed by atoms with van der Waals surface area (Å²) in [5.41, 5.74) is -0.271. The van der Waals surface area contributed by atoms with Crippen LogP contribution in [0, 0.1) is 5.92 Å². The molecule has 1 aliphatic carbocycles. The molecular weight excluding hydrogens is 218 g/mol. The lowest BCUT2D eigenvalue weighted by molar-refractivity contribution is -0.146. The molecule has 1 atom stereocenters. The Labute approximate surface area is 100 Å². The van der Waals surface area contributed by atoms with E-state index >= 15 is 0 Å². The summed E-state index contributed by atoms with van der Waals surface area (Å²) in [6.07, 6.45) is 1.83. The minimum absolute atomic E-state index is 0.0609. The highest BCUT2D eigenvalue weighted by molar-refractivity contribution is 5.81. The van der Waals surface area contributed by atoms with Gasteiger partial charge >= 0.3 is 5.97 Å². The maximum absolute atomic E-state index is 11.7. The molecule has 0 radical (unpaired) electrons. The maximum atomic E-state index is 11.7. The largest absolute Gasteiger partial charge is 0.480 e. The van der Waals surface area contributed by atoms with Crippen molar-refractivity contribution in [3.63, 3.8) is 0 Å². The lowest BCUT2D eigenvalue weighted by atomic mass is 9.85. The van der Waals surface area contributed by atoms with E-state index in [-0.39, 0.29) is 19.1 Å². The Bertz CT molecular complexity index is 389. The minimum Gasteiger partial charge on any atom is -0.480 e. The van der Waals surface area contributed by atoms with Gasteiger partial charge in [0.1, 0.15) is 5.54 Å². The third-order valence-corrected chi connectivity index (χ3v) is 3.27. The molecule has 1 unspecified atom stereocenters. The van der Waals surface area contributed by atoms with Crippen LogP contribution in [0.2, 0.25) is 0 Å². The van der Waals surface area contributed by atoms with Gasteiger partial charge in [-0.3, -0.25) is 5.32 Å². The smallest absolute Gasteiger partial charge is 0.328 e. The van der Waals surface area contributed by atoms with Crippen molar-refractivity contribution in [3.05, 3.63) is 35.9 Å². The Morgan fingerprint density at radius 2 is 2.00 bits per heavy atom. The van der Waals surface area contributed by atoms with Crippen LogP contribution in [0.3, 0.4) is 0 Å². The van der Waals surface area contributed by atoms with Crippen molar-refractivity contribution in [2.75, 3.05) is 13.2 Å². The van der Waals surface area contributed by atoms with Gasteiger partial charge in [0, 0.05) is 6.54 Å². The van der Waals surface area contributed by atoms with E-state index in [1.54, 1.807) is 0 Å². The number of hydrogen-bond acceptors (Lipinski definition) is 3. The second kappa shape index (κ2) is 4.85. The van der Waals surface area contributed by atoms with Gasteiger partial charge in [0.05, 0.1) is 6.61 Å². The van der Waals surface area contributed by atoms with E-state index < -0.39 is 11.5 Å². The van der Waals surface area contributed by atoms with Crippen LogP contribution in [0.15, 0.2) is 30.3 Å². The first-order chi connectivity index (χ1) is 8.21. The SMILES string of the molecule is O=C(O)C(NCCO)(c1ccccc1)C1CC1. The van der Waals surface area contributed by atoms with E-state index in [0.717, 1.165) is 18.4 Å². The van der Waals surface area contributed by atoms with Crippen molar-refractivity contribution in [1.82, 2.24) is 5.32 Å². The summed E-state index contributed by atoms with van der Waals surface area (Å²) in [6.45, 7) is 0.228. The Balaban J connectivity index is 2.37. The molecule has 0 saturated heterocycles. The first-order valence-corrected chi connectivity index (χ1v) is 5.86. The quantitative estimate of drug-likeness (QED) is 0.687. The van der Waals surface area contributed by atoms with Crippen molar-refractivity contribution in [1.29, 1.82) is 0 Å². The lowest BCUT2D eigenvalue weighted by Crippen LogP contribution is -2.52. The summed E-state index contributed by atoms with van der Waals surface area (Å²) in [5, 5.41) is 21.5. The number of hydrogen-bond donors (Lipinski definition) is 3. The molecule has 1 aliphatic rings. The summed E-state index contributed by atoms with van der Waals surface area (Å²) in [4.78, 5) is 11.7. The van der Waals surface area contributed by atoms with Gasteiger partial charge in [-0.25, -0.2) is 4.79 Å². The molecule has 2 rings (SSSR count). The second-order valence-corrected chi connectivity index (χ2v) is 4.40. The molecule has 1 aromatic rings. The third-order valence-electron chi connectivity index (χ3n) is 3.27. The van der Waals surface area contributed by atoms with Crippen molar-refractivity contribution in [2.45, 2.75) is 18.4 Å². The summed E-state index contributed by atoms with van der Waals surface area (Å²) in [7, 11) is 0. The van der Waals surface area contributed by atoms with Gasteiger partial charge in [0.2, 0.25) is 0 Å². The highest BCUT2D eigenvalue weighted by Gasteiger charge is 2.52. The fraction of sp³-hybridized carbons (Fsp3) is 0.462.